The Morgan fingerprint density at radius 2 is 1.86 bits per heavy atom. The molecule has 36 heavy (non-hydrogen) atoms. The first-order chi connectivity index (χ1) is 17.3. The van der Waals surface area contributed by atoms with Crippen LogP contribution >= 0.6 is 0 Å². The lowest BCUT2D eigenvalue weighted by molar-refractivity contribution is -0.117. The number of anilines is 1. The standard InChI is InChI=1S/C20H23NO.C11H15NO2/c1-22-20-6-2-4-16-12-15(13-18(16)20)10-14-7-8-19-17(11-14)5-3-9-21-19;1-7-5-9(13)6-8(2)10(7)3-4-11(12)14/h2,4,6-8,11,15,21H,3,5,9-10,12-13H2,1H3;5-6,13H,3-4H2,1-2H3,(H2,12,14). The summed E-state index contributed by atoms with van der Waals surface area (Å²) in [4.78, 5) is 10.6. The Hall–Kier alpha value is -3.47. The first-order valence-electron chi connectivity index (χ1n) is 12.9. The van der Waals surface area contributed by atoms with Crippen LogP contribution in [0.5, 0.6) is 11.5 Å². The Kier molecular flexibility index (Phi) is 8.19. The zero-order valence-corrected chi connectivity index (χ0v) is 21.7. The molecule has 0 spiro atoms. The summed E-state index contributed by atoms with van der Waals surface area (Å²) in [5.41, 5.74) is 15.4. The lowest BCUT2D eigenvalue weighted by Crippen LogP contribution is -2.12. The minimum Gasteiger partial charge on any atom is -0.508 e. The average molecular weight is 487 g/mol. The number of hydrogen-bond donors (Lipinski definition) is 3. The van der Waals surface area contributed by atoms with Gasteiger partial charge in [0.1, 0.15) is 11.5 Å². The van der Waals surface area contributed by atoms with Crippen molar-refractivity contribution >= 4 is 11.6 Å². The molecule has 5 nitrogen and oxygen atoms in total. The summed E-state index contributed by atoms with van der Waals surface area (Å²) in [7, 11) is 1.78. The summed E-state index contributed by atoms with van der Waals surface area (Å²) < 4.78 is 5.52. The number of fused-ring (bicyclic) bond motifs is 2. The van der Waals surface area contributed by atoms with Gasteiger partial charge in [-0.3, -0.25) is 4.79 Å². The minimum absolute atomic E-state index is 0.267. The number of nitrogens with two attached hydrogens (primary N) is 1. The van der Waals surface area contributed by atoms with Crippen molar-refractivity contribution in [3.63, 3.8) is 0 Å². The third-order valence-electron chi connectivity index (χ3n) is 7.39. The van der Waals surface area contributed by atoms with Crippen molar-refractivity contribution in [3.8, 4) is 11.5 Å². The molecule has 1 aliphatic heterocycles. The second kappa shape index (κ2) is 11.5. The molecule has 5 heteroatoms. The SMILES string of the molecule is COc1cccc2c1CC(Cc1ccc3c(c1)CCCN3)C2.Cc1cc(O)cc(C)c1CCC(N)=O. The average Bonchev–Trinajstić information content (AvgIpc) is 3.26. The number of ether oxygens (including phenoxy) is 1. The summed E-state index contributed by atoms with van der Waals surface area (Å²) in [6.45, 7) is 4.95. The van der Waals surface area contributed by atoms with E-state index >= 15 is 0 Å². The van der Waals surface area contributed by atoms with Gasteiger partial charge in [0, 0.05) is 18.7 Å². The highest BCUT2D eigenvalue weighted by molar-refractivity contribution is 5.74. The van der Waals surface area contributed by atoms with E-state index in [2.05, 4.69) is 41.7 Å². The van der Waals surface area contributed by atoms with Gasteiger partial charge in [0.2, 0.25) is 5.91 Å². The molecule has 0 saturated carbocycles. The highest BCUT2D eigenvalue weighted by Crippen LogP contribution is 2.35. The van der Waals surface area contributed by atoms with E-state index in [1.165, 1.54) is 53.6 Å². The van der Waals surface area contributed by atoms with E-state index in [0.717, 1.165) is 35.4 Å². The highest BCUT2D eigenvalue weighted by atomic mass is 16.5. The van der Waals surface area contributed by atoms with Crippen molar-refractivity contribution in [1.29, 1.82) is 0 Å². The first kappa shape index (κ1) is 25.6. The van der Waals surface area contributed by atoms with E-state index in [-0.39, 0.29) is 11.7 Å². The Labute approximate surface area is 214 Å². The topological polar surface area (TPSA) is 84.6 Å². The zero-order valence-electron chi connectivity index (χ0n) is 21.7. The van der Waals surface area contributed by atoms with Gasteiger partial charge in [0.05, 0.1) is 7.11 Å². The molecule has 0 aromatic heterocycles. The quantitative estimate of drug-likeness (QED) is 0.433. The number of methoxy groups -OCH3 is 1. The van der Waals surface area contributed by atoms with Gasteiger partial charge in [-0.25, -0.2) is 0 Å². The first-order valence-corrected chi connectivity index (χ1v) is 12.9. The van der Waals surface area contributed by atoms with Crippen LogP contribution in [0.15, 0.2) is 48.5 Å². The Morgan fingerprint density at radius 1 is 1.08 bits per heavy atom. The molecule has 0 bridgehead atoms. The Morgan fingerprint density at radius 3 is 2.58 bits per heavy atom. The Bertz CT molecular complexity index is 1210. The van der Waals surface area contributed by atoms with Gasteiger partial charge >= 0.3 is 0 Å². The number of primary amides is 1. The van der Waals surface area contributed by atoms with Crippen molar-refractivity contribution < 1.29 is 14.6 Å². The molecule has 3 aromatic carbocycles. The number of carbonyl (C=O) groups excluding carboxylic acids is 1. The third kappa shape index (κ3) is 6.20. The fraction of sp³-hybridized carbons (Fsp3) is 0.387. The predicted octanol–water partition coefficient (Wildman–Crippen LogP) is 5.44. The van der Waals surface area contributed by atoms with Gasteiger partial charge in [-0.1, -0.05) is 24.3 Å². The van der Waals surface area contributed by atoms with Gasteiger partial charge in [-0.2, -0.15) is 0 Å². The molecule has 0 saturated heterocycles. The Balaban J connectivity index is 0.000000189. The number of benzene rings is 3. The van der Waals surface area contributed by atoms with E-state index in [4.69, 9.17) is 10.5 Å². The summed E-state index contributed by atoms with van der Waals surface area (Å²) in [5.74, 6) is 1.75. The van der Waals surface area contributed by atoms with E-state index in [9.17, 15) is 9.90 Å². The van der Waals surface area contributed by atoms with Gasteiger partial charge in [-0.15, -0.1) is 0 Å². The van der Waals surface area contributed by atoms with E-state index < -0.39 is 0 Å². The maximum Gasteiger partial charge on any atom is 0.217 e. The van der Waals surface area contributed by atoms with Crippen LogP contribution in [0, 0.1) is 19.8 Å². The van der Waals surface area contributed by atoms with E-state index in [0.29, 0.717) is 18.8 Å². The van der Waals surface area contributed by atoms with Gasteiger partial charge in [-0.05, 0) is 121 Å². The maximum atomic E-state index is 10.6. The predicted molar refractivity (Wildman–Crippen MR) is 146 cm³/mol. The molecule has 5 rings (SSSR count). The number of phenolic OH excluding ortho intramolecular Hbond substituents is 1. The maximum absolute atomic E-state index is 10.6. The molecule has 1 aliphatic carbocycles. The molecule has 0 radical (unpaired) electrons. The lowest BCUT2D eigenvalue weighted by atomic mass is 9.93. The molecule has 190 valence electrons. The highest BCUT2D eigenvalue weighted by Gasteiger charge is 2.24. The molecule has 0 fully saturated rings. The van der Waals surface area contributed by atoms with Gasteiger partial charge in [0.25, 0.3) is 0 Å². The summed E-state index contributed by atoms with van der Waals surface area (Å²) in [6.07, 6.45) is 6.97. The van der Waals surface area contributed by atoms with Crippen LogP contribution in [0.2, 0.25) is 0 Å². The number of aromatic hydroxyl groups is 1. The van der Waals surface area contributed by atoms with Crippen LogP contribution in [0.1, 0.15) is 51.8 Å². The fourth-order valence-corrected chi connectivity index (χ4v) is 5.64. The monoisotopic (exact) mass is 486 g/mol. The summed E-state index contributed by atoms with van der Waals surface area (Å²) >= 11 is 0. The molecule has 1 amide bonds. The van der Waals surface area contributed by atoms with Crippen LogP contribution in [-0.4, -0.2) is 24.7 Å². The fourth-order valence-electron chi connectivity index (χ4n) is 5.64. The number of amides is 1. The molecule has 4 N–H and O–H groups in total. The summed E-state index contributed by atoms with van der Waals surface area (Å²) in [6, 6.07) is 16.9. The van der Waals surface area contributed by atoms with Gasteiger partial charge in [0.15, 0.2) is 0 Å². The lowest BCUT2D eigenvalue weighted by Gasteiger charge is -2.19. The summed E-state index contributed by atoms with van der Waals surface area (Å²) in [5, 5.41) is 12.8. The van der Waals surface area contributed by atoms with Crippen molar-refractivity contribution in [2.45, 2.75) is 58.8 Å². The third-order valence-corrected chi connectivity index (χ3v) is 7.39. The van der Waals surface area contributed by atoms with Crippen molar-refractivity contribution in [2.75, 3.05) is 19.0 Å². The molecular formula is C31H38N2O3. The van der Waals surface area contributed by atoms with Crippen LogP contribution in [0.4, 0.5) is 5.69 Å². The smallest absolute Gasteiger partial charge is 0.217 e. The molecule has 3 aromatic rings. The van der Waals surface area contributed by atoms with E-state index in [1.807, 2.05) is 13.8 Å². The molecule has 1 atom stereocenters. The van der Waals surface area contributed by atoms with Crippen LogP contribution in [0.3, 0.4) is 0 Å². The molecule has 1 unspecified atom stereocenters. The van der Waals surface area contributed by atoms with Crippen molar-refractivity contribution in [1.82, 2.24) is 0 Å². The normalized spacial score (nSPS) is 15.7. The van der Waals surface area contributed by atoms with Crippen molar-refractivity contribution in [3.05, 3.63) is 87.5 Å². The van der Waals surface area contributed by atoms with Crippen LogP contribution in [0.25, 0.3) is 0 Å². The van der Waals surface area contributed by atoms with E-state index in [1.54, 1.807) is 19.2 Å². The van der Waals surface area contributed by atoms with Crippen molar-refractivity contribution in [2.24, 2.45) is 11.7 Å². The number of phenols is 1. The second-order valence-electron chi connectivity index (χ2n) is 10.1. The molecular weight excluding hydrogens is 448 g/mol. The number of carbonyl (C=O) groups is 1. The molecule has 1 heterocycles. The number of hydrogen-bond acceptors (Lipinski definition) is 4. The van der Waals surface area contributed by atoms with Crippen LogP contribution in [-0.2, 0) is 36.9 Å². The molecule has 2 aliphatic rings. The largest absolute Gasteiger partial charge is 0.508 e. The number of aryl methyl sites for hydroxylation is 3. The van der Waals surface area contributed by atoms with Gasteiger partial charge < -0.3 is 20.9 Å². The van der Waals surface area contributed by atoms with Crippen LogP contribution < -0.4 is 15.8 Å². The number of nitrogens with one attached hydrogen (secondary N) is 1. The second-order valence-corrected chi connectivity index (χ2v) is 10.1. The minimum atomic E-state index is -0.295. The number of rotatable bonds is 6. The zero-order chi connectivity index (χ0) is 25.7.